The summed E-state index contributed by atoms with van der Waals surface area (Å²) in [5.41, 5.74) is 1.56. The molecule has 2 aromatic rings. The van der Waals surface area contributed by atoms with Crippen LogP contribution >= 0.6 is 11.6 Å². The van der Waals surface area contributed by atoms with Crippen LogP contribution in [0.15, 0.2) is 53.4 Å². The molecule has 3 nitrogen and oxygen atoms in total. The Morgan fingerprint density at radius 3 is 2.67 bits per heavy atom. The summed E-state index contributed by atoms with van der Waals surface area (Å²) < 4.78 is 12.0. The standard InChI is InChI=1S/C16H14ClNO2S/c17-13-6-2-1-5-12(13)11-16(19)18-9-10-21(20)15-8-4-3-7-14(15)18/h1-8H,9-11H2. The van der Waals surface area contributed by atoms with Crippen LogP contribution in [0.2, 0.25) is 5.02 Å². The first-order valence-electron chi connectivity index (χ1n) is 6.68. The van der Waals surface area contributed by atoms with Crippen LogP contribution in [-0.4, -0.2) is 22.4 Å². The third-order valence-corrected chi connectivity index (χ3v) is 5.26. The zero-order chi connectivity index (χ0) is 14.8. The van der Waals surface area contributed by atoms with Gasteiger partial charge in [-0.25, -0.2) is 0 Å². The third kappa shape index (κ3) is 2.87. The molecule has 1 unspecified atom stereocenters. The first-order chi connectivity index (χ1) is 10.2. The number of para-hydroxylation sites is 1. The molecule has 5 heteroatoms. The highest BCUT2D eigenvalue weighted by Gasteiger charge is 2.26. The van der Waals surface area contributed by atoms with Gasteiger partial charge >= 0.3 is 0 Å². The van der Waals surface area contributed by atoms with Crippen molar-refractivity contribution in [2.75, 3.05) is 17.2 Å². The van der Waals surface area contributed by atoms with E-state index in [2.05, 4.69) is 0 Å². The number of rotatable bonds is 2. The van der Waals surface area contributed by atoms with Gasteiger partial charge in [0.25, 0.3) is 0 Å². The van der Waals surface area contributed by atoms with Gasteiger partial charge in [0.15, 0.2) is 0 Å². The fourth-order valence-electron chi connectivity index (χ4n) is 2.44. The van der Waals surface area contributed by atoms with E-state index < -0.39 is 10.8 Å². The maximum Gasteiger partial charge on any atom is 0.231 e. The molecule has 21 heavy (non-hydrogen) atoms. The topological polar surface area (TPSA) is 37.4 Å². The van der Waals surface area contributed by atoms with Gasteiger partial charge in [-0.2, -0.15) is 0 Å². The second-order valence-electron chi connectivity index (χ2n) is 4.83. The normalized spacial score (nSPS) is 17.4. The fourth-order valence-corrected chi connectivity index (χ4v) is 3.85. The van der Waals surface area contributed by atoms with E-state index in [1.54, 1.807) is 11.0 Å². The molecular weight excluding hydrogens is 306 g/mol. The van der Waals surface area contributed by atoms with Gasteiger partial charge in [-0.3, -0.25) is 9.00 Å². The zero-order valence-electron chi connectivity index (χ0n) is 11.3. The quantitative estimate of drug-likeness (QED) is 0.853. The van der Waals surface area contributed by atoms with Crippen molar-refractivity contribution in [1.29, 1.82) is 0 Å². The van der Waals surface area contributed by atoms with Gasteiger partial charge in [-0.05, 0) is 23.8 Å². The number of carbonyl (C=O) groups is 1. The predicted molar refractivity (Wildman–Crippen MR) is 85.2 cm³/mol. The number of benzene rings is 2. The molecule has 0 aromatic heterocycles. The fraction of sp³-hybridized carbons (Fsp3) is 0.188. The summed E-state index contributed by atoms with van der Waals surface area (Å²) in [6.07, 6.45) is 0.251. The van der Waals surface area contributed by atoms with Gasteiger partial charge in [0.1, 0.15) is 0 Å². The molecular formula is C16H14ClNO2S. The summed E-state index contributed by atoms with van der Waals surface area (Å²) >= 11 is 6.11. The van der Waals surface area contributed by atoms with Gasteiger partial charge in [0, 0.05) is 17.3 Å². The van der Waals surface area contributed by atoms with Gasteiger partial charge in [0.05, 0.1) is 27.8 Å². The molecule has 1 amide bonds. The minimum Gasteiger partial charge on any atom is -0.310 e. The molecule has 0 aliphatic carbocycles. The highest BCUT2D eigenvalue weighted by Crippen LogP contribution is 2.29. The van der Waals surface area contributed by atoms with Crippen molar-refractivity contribution < 1.29 is 9.00 Å². The molecule has 0 saturated heterocycles. The van der Waals surface area contributed by atoms with Crippen molar-refractivity contribution in [2.45, 2.75) is 11.3 Å². The molecule has 1 atom stereocenters. The Balaban J connectivity index is 1.88. The lowest BCUT2D eigenvalue weighted by Gasteiger charge is -2.29. The van der Waals surface area contributed by atoms with Crippen LogP contribution in [0, 0.1) is 0 Å². The van der Waals surface area contributed by atoms with E-state index >= 15 is 0 Å². The van der Waals surface area contributed by atoms with E-state index in [0.717, 1.165) is 16.1 Å². The smallest absolute Gasteiger partial charge is 0.231 e. The van der Waals surface area contributed by atoms with E-state index in [-0.39, 0.29) is 12.3 Å². The molecule has 0 spiro atoms. The van der Waals surface area contributed by atoms with Gasteiger partial charge in [0.2, 0.25) is 5.91 Å². The summed E-state index contributed by atoms with van der Waals surface area (Å²) in [6, 6.07) is 14.7. The van der Waals surface area contributed by atoms with Crippen LogP contribution in [0.4, 0.5) is 5.69 Å². The number of nitrogens with zero attached hydrogens (tertiary/aromatic N) is 1. The Morgan fingerprint density at radius 1 is 1.14 bits per heavy atom. The van der Waals surface area contributed by atoms with E-state index in [4.69, 9.17) is 11.6 Å². The first-order valence-corrected chi connectivity index (χ1v) is 8.37. The Labute approximate surface area is 131 Å². The van der Waals surface area contributed by atoms with E-state index in [0.29, 0.717) is 17.3 Å². The number of amides is 1. The lowest BCUT2D eigenvalue weighted by atomic mass is 10.1. The third-order valence-electron chi connectivity index (χ3n) is 3.50. The molecule has 3 rings (SSSR count). The number of anilines is 1. The van der Waals surface area contributed by atoms with E-state index in [9.17, 15) is 9.00 Å². The Bertz CT molecular complexity index is 717. The molecule has 0 saturated carbocycles. The summed E-state index contributed by atoms with van der Waals surface area (Å²) in [5.74, 6) is 0.456. The van der Waals surface area contributed by atoms with Gasteiger partial charge < -0.3 is 4.90 Å². The second-order valence-corrected chi connectivity index (χ2v) is 6.78. The Morgan fingerprint density at radius 2 is 1.86 bits per heavy atom. The maximum absolute atomic E-state index is 12.6. The molecule has 108 valence electrons. The lowest BCUT2D eigenvalue weighted by Crippen LogP contribution is -2.39. The highest BCUT2D eigenvalue weighted by atomic mass is 35.5. The SMILES string of the molecule is O=C(Cc1ccccc1Cl)N1CCS(=O)c2ccccc21. The summed E-state index contributed by atoms with van der Waals surface area (Å²) in [5, 5.41) is 0.597. The summed E-state index contributed by atoms with van der Waals surface area (Å²) in [7, 11) is -1.02. The number of halogens is 1. The second kappa shape index (κ2) is 6.00. The Hall–Kier alpha value is -1.65. The number of hydrogen-bond acceptors (Lipinski definition) is 2. The number of carbonyl (C=O) groups excluding carboxylic acids is 1. The molecule has 0 N–H and O–H groups in total. The van der Waals surface area contributed by atoms with Crippen LogP contribution in [0.1, 0.15) is 5.56 Å². The average molecular weight is 320 g/mol. The van der Waals surface area contributed by atoms with Crippen LogP contribution in [-0.2, 0) is 22.0 Å². The predicted octanol–water partition coefficient (Wildman–Crippen LogP) is 3.04. The molecule has 2 aromatic carbocycles. The minimum atomic E-state index is -1.02. The van der Waals surface area contributed by atoms with E-state index in [1.165, 1.54) is 0 Å². The summed E-state index contributed by atoms with van der Waals surface area (Å²) in [4.78, 5) is 15.0. The van der Waals surface area contributed by atoms with Crippen molar-refractivity contribution >= 4 is 34.0 Å². The molecule has 0 fully saturated rings. The molecule has 1 heterocycles. The summed E-state index contributed by atoms with van der Waals surface area (Å²) in [6.45, 7) is 0.479. The van der Waals surface area contributed by atoms with Crippen LogP contribution in [0.5, 0.6) is 0 Å². The average Bonchev–Trinajstić information content (AvgIpc) is 2.50. The van der Waals surface area contributed by atoms with Crippen molar-refractivity contribution in [2.24, 2.45) is 0 Å². The minimum absolute atomic E-state index is 0.0211. The van der Waals surface area contributed by atoms with Crippen molar-refractivity contribution in [3.8, 4) is 0 Å². The zero-order valence-corrected chi connectivity index (χ0v) is 12.9. The molecule has 1 aliphatic heterocycles. The van der Waals surface area contributed by atoms with E-state index in [1.807, 2.05) is 42.5 Å². The maximum atomic E-state index is 12.6. The largest absolute Gasteiger partial charge is 0.310 e. The van der Waals surface area contributed by atoms with Crippen LogP contribution in [0.3, 0.4) is 0 Å². The van der Waals surface area contributed by atoms with Crippen molar-refractivity contribution in [3.05, 3.63) is 59.1 Å². The van der Waals surface area contributed by atoms with Crippen LogP contribution in [0.25, 0.3) is 0 Å². The van der Waals surface area contributed by atoms with Crippen LogP contribution < -0.4 is 4.90 Å². The first kappa shape index (κ1) is 14.3. The van der Waals surface area contributed by atoms with Gasteiger partial charge in [-0.15, -0.1) is 0 Å². The number of hydrogen-bond donors (Lipinski definition) is 0. The molecule has 0 radical (unpaired) electrons. The molecule has 1 aliphatic rings. The lowest BCUT2D eigenvalue weighted by molar-refractivity contribution is -0.118. The van der Waals surface area contributed by atoms with Gasteiger partial charge in [-0.1, -0.05) is 41.9 Å². The highest BCUT2D eigenvalue weighted by molar-refractivity contribution is 7.85. The molecule has 0 bridgehead atoms. The monoisotopic (exact) mass is 319 g/mol. The van der Waals surface area contributed by atoms with Crippen molar-refractivity contribution in [3.63, 3.8) is 0 Å². The number of fused-ring (bicyclic) bond motifs is 1. The van der Waals surface area contributed by atoms with Crippen molar-refractivity contribution in [1.82, 2.24) is 0 Å². The Kier molecular flexibility index (Phi) is 4.08.